The van der Waals surface area contributed by atoms with Crippen LogP contribution in [0.15, 0.2) is 0 Å². The van der Waals surface area contributed by atoms with Gasteiger partial charge < -0.3 is 10.4 Å². The summed E-state index contributed by atoms with van der Waals surface area (Å²) in [6.45, 7) is 1.97. The SMILES string of the molecule is C1CCCC1.OC1CCNCC1. The van der Waals surface area contributed by atoms with Crippen LogP contribution in [0.2, 0.25) is 0 Å². The van der Waals surface area contributed by atoms with E-state index in [1.54, 1.807) is 0 Å². The van der Waals surface area contributed by atoms with Gasteiger partial charge in [0.05, 0.1) is 6.10 Å². The Morgan fingerprint density at radius 2 is 1.25 bits per heavy atom. The van der Waals surface area contributed by atoms with Gasteiger partial charge in [-0.3, -0.25) is 0 Å². The van der Waals surface area contributed by atoms with Gasteiger partial charge in [0.25, 0.3) is 0 Å². The first-order valence-electron chi connectivity index (χ1n) is 5.28. The van der Waals surface area contributed by atoms with Crippen molar-refractivity contribution in [1.29, 1.82) is 0 Å². The summed E-state index contributed by atoms with van der Waals surface area (Å²) < 4.78 is 0. The highest BCUT2D eigenvalue weighted by Gasteiger charge is 2.06. The van der Waals surface area contributed by atoms with Crippen LogP contribution in [0.4, 0.5) is 0 Å². The molecule has 0 radical (unpaired) electrons. The number of piperidine rings is 1. The van der Waals surface area contributed by atoms with Crippen LogP contribution in [0, 0.1) is 0 Å². The second kappa shape index (κ2) is 6.44. The summed E-state index contributed by atoms with van der Waals surface area (Å²) in [7, 11) is 0. The molecule has 0 spiro atoms. The third-order valence-electron chi connectivity index (χ3n) is 2.56. The van der Waals surface area contributed by atoms with Gasteiger partial charge in [-0.1, -0.05) is 32.1 Å². The molecule has 0 unspecified atom stereocenters. The van der Waals surface area contributed by atoms with Crippen molar-refractivity contribution in [2.24, 2.45) is 0 Å². The molecule has 0 atom stereocenters. The molecule has 2 nitrogen and oxygen atoms in total. The van der Waals surface area contributed by atoms with E-state index in [0.29, 0.717) is 0 Å². The normalized spacial score (nSPS) is 24.8. The number of aliphatic hydroxyl groups is 1. The molecular weight excluding hydrogens is 150 g/mol. The predicted octanol–water partition coefficient (Wildman–Crippen LogP) is 1.68. The molecule has 2 rings (SSSR count). The maximum absolute atomic E-state index is 8.87. The molecule has 2 heteroatoms. The van der Waals surface area contributed by atoms with Crippen LogP contribution in [-0.2, 0) is 0 Å². The first-order valence-corrected chi connectivity index (χ1v) is 5.28. The molecule has 2 aliphatic rings. The van der Waals surface area contributed by atoms with Crippen molar-refractivity contribution in [1.82, 2.24) is 5.32 Å². The van der Waals surface area contributed by atoms with E-state index in [2.05, 4.69) is 5.32 Å². The predicted molar refractivity (Wildman–Crippen MR) is 51.2 cm³/mol. The molecule has 1 heterocycles. The molecule has 0 bridgehead atoms. The van der Waals surface area contributed by atoms with Crippen LogP contribution >= 0.6 is 0 Å². The van der Waals surface area contributed by atoms with Gasteiger partial charge in [-0.2, -0.15) is 0 Å². The fraction of sp³-hybridized carbons (Fsp3) is 1.00. The Labute approximate surface area is 75.4 Å². The fourth-order valence-electron chi connectivity index (χ4n) is 1.69. The van der Waals surface area contributed by atoms with Gasteiger partial charge in [0.2, 0.25) is 0 Å². The zero-order chi connectivity index (χ0) is 8.65. The minimum absolute atomic E-state index is 0.0266. The molecule has 0 amide bonds. The number of nitrogens with one attached hydrogen (secondary N) is 1. The van der Waals surface area contributed by atoms with Gasteiger partial charge in [-0.25, -0.2) is 0 Å². The number of hydrogen-bond donors (Lipinski definition) is 2. The Hall–Kier alpha value is -0.0800. The number of hydrogen-bond acceptors (Lipinski definition) is 2. The van der Waals surface area contributed by atoms with Crippen LogP contribution < -0.4 is 5.32 Å². The molecular formula is C10H21NO. The third-order valence-corrected chi connectivity index (χ3v) is 2.56. The average Bonchev–Trinajstić information content (AvgIpc) is 2.62. The van der Waals surface area contributed by atoms with Crippen LogP contribution in [-0.4, -0.2) is 24.3 Å². The second-order valence-electron chi connectivity index (χ2n) is 3.75. The van der Waals surface area contributed by atoms with Crippen LogP contribution in [0.5, 0.6) is 0 Å². The molecule has 1 saturated heterocycles. The summed E-state index contributed by atoms with van der Waals surface area (Å²) in [5.41, 5.74) is 0. The molecule has 0 aromatic heterocycles. The topological polar surface area (TPSA) is 32.3 Å². The van der Waals surface area contributed by atoms with Crippen molar-refractivity contribution < 1.29 is 5.11 Å². The summed E-state index contributed by atoms with van der Waals surface area (Å²) in [5.74, 6) is 0. The van der Waals surface area contributed by atoms with Crippen molar-refractivity contribution >= 4 is 0 Å². The largest absolute Gasteiger partial charge is 0.393 e. The van der Waals surface area contributed by atoms with Crippen molar-refractivity contribution in [3.8, 4) is 0 Å². The van der Waals surface area contributed by atoms with Crippen LogP contribution in [0.1, 0.15) is 44.9 Å². The molecule has 0 aromatic rings. The smallest absolute Gasteiger partial charge is 0.0564 e. The first-order chi connectivity index (χ1) is 5.89. The summed E-state index contributed by atoms with van der Waals surface area (Å²) in [6.07, 6.45) is 9.33. The van der Waals surface area contributed by atoms with E-state index in [-0.39, 0.29) is 6.10 Å². The fourth-order valence-corrected chi connectivity index (χ4v) is 1.69. The first kappa shape index (κ1) is 10.0. The van der Waals surface area contributed by atoms with E-state index in [9.17, 15) is 0 Å². The molecule has 1 saturated carbocycles. The zero-order valence-electron chi connectivity index (χ0n) is 7.89. The Kier molecular flexibility index (Phi) is 5.37. The van der Waals surface area contributed by atoms with Crippen molar-refractivity contribution in [2.45, 2.75) is 51.0 Å². The van der Waals surface area contributed by atoms with E-state index < -0.39 is 0 Å². The number of aliphatic hydroxyl groups excluding tert-OH is 1. The lowest BCUT2D eigenvalue weighted by molar-refractivity contribution is 0.137. The lowest BCUT2D eigenvalue weighted by Gasteiger charge is -2.16. The second-order valence-corrected chi connectivity index (χ2v) is 3.75. The lowest BCUT2D eigenvalue weighted by Crippen LogP contribution is -2.30. The summed E-state index contributed by atoms with van der Waals surface area (Å²) in [6, 6.07) is 0. The van der Waals surface area contributed by atoms with E-state index in [1.165, 1.54) is 32.1 Å². The minimum atomic E-state index is -0.0266. The van der Waals surface area contributed by atoms with Gasteiger partial charge in [0.1, 0.15) is 0 Å². The van der Waals surface area contributed by atoms with Gasteiger partial charge >= 0.3 is 0 Å². The van der Waals surface area contributed by atoms with Gasteiger partial charge in [-0.15, -0.1) is 0 Å². The quantitative estimate of drug-likeness (QED) is 0.581. The van der Waals surface area contributed by atoms with E-state index in [0.717, 1.165) is 25.9 Å². The van der Waals surface area contributed by atoms with E-state index in [4.69, 9.17) is 5.11 Å². The molecule has 72 valence electrons. The average molecular weight is 171 g/mol. The highest BCUT2D eigenvalue weighted by Crippen LogP contribution is 2.15. The summed E-state index contributed by atoms with van der Waals surface area (Å²) >= 11 is 0. The maximum Gasteiger partial charge on any atom is 0.0564 e. The molecule has 2 fully saturated rings. The summed E-state index contributed by atoms with van der Waals surface area (Å²) in [4.78, 5) is 0. The van der Waals surface area contributed by atoms with Crippen molar-refractivity contribution in [2.75, 3.05) is 13.1 Å². The highest BCUT2D eigenvalue weighted by molar-refractivity contribution is 4.65. The van der Waals surface area contributed by atoms with Gasteiger partial charge in [0, 0.05) is 0 Å². The Morgan fingerprint density at radius 3 is 1.50 bits per heavy atom. The molecule has 0 aromatic carbocycles. The number of rotatable bonds is 0. The Balaban J connectivity index is 0.000000127. The lowest BCUT2D eigenvalue weighted by atomic mass is 10.1. The third kappa shape index (κ3) is 4.73. The monoisotopic (exact) mass is 171 g/mol. The van der Waals surface area contributed by atoms with Crippen molar-refractivity contribution in [3.63, 3.8) is 0 Å². The zero-order valence-corrected chi connectivity index (χ0v) is 7.89. The molecule has 1 aliphatic carbocycles. The van der Waals surface area contributed by atoms with E-state index >= 15 is 0 Å². The molecule has 1 aliphatic heterocycles. The van der Waals surface area contributed by atoms with Crippen LogP contribution in [0.25, 0.3) is 0 Å². The Bertz CT molecular complexity index is 88.4. The maximum atomic E-state index is 8.87. The van der Waals surface area contributed by atoms with Crippen LogP contribution in [0.3, 0.4) is 0 Å². The molecule has 2 N–H and O–H groups in total. The molecule has 12 heavy (non-hydrogen) atoms. The summed E-state index contributed by atoms with van der Waals surface area (Å²) in [5, 5.41) is 12.0. The van der Waals surface area contributed by atoms with E-state index in [1.807, 2.05) is 0 Å². The van der Waals surface area contributed by atoms with Gasteiger partial charge in [-0.05, 0) is 25.9 Å². The van der Waals surface area contributed by atoms with Gasteiger partial charge in [0.15, 0.2) is 0 Å². The minimum Gasteiger partial charge on any atom is -0.393 e. The Morgan fingerprint density at radius 1 is 0.833 bits per heavy atom. The standard InChI is InChI=1S/C5H11NO.C5H10/c7-5-1-3-6-4-2-5;1-2-4-5-3-1/h5-7H,1-4H2;1-5H2. The van der Waals surface area contributed by atoms with Crippen molar-refractivity contribution in [3.05, 3.63) is 0 Å². The highest BCUT2D eigenvalue weighted by atomic mass is 16.3.